The number of benzene rings is 2. The van der Waals surface area contributed by atoms with E-state index in [-0.39, 0.29) is 0 Å². The van der Waals surface area contributed by atoms with E-state index in [1.165, 1.54) is 0 Å². The van der Waals surface area contributed by atoms with E-state index >= 15 is 0 Å². The second-order valence-electron chi connectivity index (χ2n) is 4.92. The number of anilines is 2. The first-order valence-electron chi connectivity index (χ1n) is 6.53. The zero-order valence-corrected chi connectivity index (χ0v) is 15.1. The van der Waals surface area contributed by atoms with Gasteiger partial charge in [0.2, 0.25) is 0 Å². The van der Waals surface area contributed by atoms with Crippen molar-refractivity contribution in [3.05, 3.63) is 57.5 Å². The molecule has 0 aromatic heterocycles. The van der Waals surface area contributed by atoms with Crippen molar-refractivity contribution in [3.63, 3.8) is 0 Å². The molecule has 1 fully saturated rings. The smallest absolute Gasteiger partial charge is 0.0929 e. The highest BCUT2D eigenvalue weighted by molar-refractivity contribution is 9.10. The molecule has 1 aliphatic rings. The van der Waals surface area contributed by atoms with E-state index in [0.717, 1.165) is 27.0 Å². The summed E-state index contributed by atoms with van der Waals surface area (Å²) in [6.45, 7) is 2.22. The van der Waals surface area contributed by atoms with Gasteiger partial charge in [-0.25, -0.2) is 0 Å². The Kier molecular flexibility index (Phi) is 4.74. The van der Waals surface area contributed by atoms with Crippen molar-refractivity contribution in [2.24, 2.45) is 0 Å². The number of hydrogen-bond acceptors (Lipinski definition) is 3. The fraction of sp³-hybridized carbons (Fsp3) is 0.200. The predicted octanol–water partition coefficient (Wildman–Crippen LogP) is 4.87. The molecule has 3 nitrogen and oxygen atoms in total. The molecule has 2 aromatic carbocycles. The molecule has 1 saturated heterocycles. The fourth-order valence-electron chi connectivity index (χ4n) is 2.34. The normalized spacial score (nSPS) is 16.3. The fourth-order valence-corrected chi connectivity index (χ4v) is 3.13. The molecule has 3 rings (SSSR count). The third-order valence-corrected chi connectivity index (χ3v) is 4.64. The second kappa shape index (κ2) is 6.57. The van der Waals surface area contributed by atoms with Gasteiger partial charge < -0.3 is 9.80 Å². The van der Waals surface area contributed by atoms with Gasteiger partial charge in [0.1, 0.15) is 0 Å². The van der Waals surface area contributed by atoms with Crippen molar-refractivity contribution < 1.29 is 0 Å². The van der Waals surface area contributed by atoms with Crippen LogP contribution < -0.4 is 9.80 Å². The van der Waals surface area contributed by atoms with Gasteiger partial charge in [-0.15, -0.1) is 0 Å². The third kappa shape index (κ3) is 3.72. The number of halogens is 3. The van der Waals surface area contributed by atoms with Crippen LogP contribution in [0.5, 0.6) is 0 Å². The average Bonchev–Trinajstić information content (AvgIpc) is 2.48. The molecule has 0 spiro atoms. The lowest BCUT2D eigenvalue weighted by Crippen LogP contribution is -2.52. The summed E-state index contributed by atoms with van der Waals surface area (Å²) in [5.74, 6) is 0. The van der Waals surface area contributed by atoms with Crippen LogP contribution in [0.3, 0.4) is 0 Å². The second-order valence-corrected chi connectivity index (χ2v) is 7.23. The highest BCUT2D eigenvalue weighted by Crippen LogP contribution is 2.26. The van der Waals surface area contributed by atoms with Crippen molar-refractivity contribution in [2.75, 3.05) is 29.8 Å². The molecule has 0 radical (unpaired) electrons. The molecule has 0 aliphatic carbocycles. The van der Waals surface area contributed by atoms with Crippen LogP contribution >= 0.6 is 43.6 Å². The van der Waals surface area contributed by atoms with Gasteiger partial charge in [0.15, 0.2) is 0 Å². The van der Waals surface area contributed by atoms with E-state index in [1.807, 2.05) is 24.3 Å². The molecule has 110 valence electrons. The van der Waals surface area contributed by atoms with Crippen LogP contribution in [-0.4, -0.2) is 24.4 Å². The summed E-state index contributed by atoms with van der Waals surface area (Å²) in [4.78, 5) is 4.48. The van der Waals surface area contributed by atoms with Crippen molar-refractivity contribution >= 4 is 55.0 Å². The van der Waals surface area contributed by atoms with Crippen LogP contribution in [0.15, 0.2) is 57.5 Å². The maximum atomic E-state index is 6.30. The minimum Gasteiger partial charge on any atom is -0.339 e. The summed E-state index contributed by atoms with van der Waals surface area (Å²) in [5.41, 5.74) is 2.32. The molecular formula is C15H14Br2ClN3. The zero-order valence-electron chi connectivity index (χ0n) is 11.2. The lowest BCUT2D eigenvalue weighted by atomic mass is 10.2. The maximum Gasteiger partial charge on any atom is 0.0929 e. The first-order valence-corrected chi connectivity index (χ1v) is 8.46. The van der Waals surface area contributed by atoms with Gasteiger partial charge in [-0.2, -0.15) is 4.42 Å². The Morgan fingerprint density at radius 2 is 1.05 bits per heavy atom. The monoisotopic (exact) mass is 429 g/mol. The van der Waals surface area contributed by atoms with Crippen LogP contribution in [0.4, 0.5) is 11.4 Å². The van der Waals surface area contributed by atoms with E-state index in [9.17, 15) is 0 Å². The molecule has 1 heterocycles. The van der Waals surface area contributed by atoms with E-state index in [0.29, 0.717) is 13.3 Å². The van der Waals surface area contributed by atoms with Crippen molar-refractivity contribution in [1.29, 1.82) is 0 Å². The summed E-state index contributed by atoms with van der Waals surface area (Å²) >= 11 is 13.2. The van der Waals surface area contributed by atoms with Crippen molar-refractivity contribution in [2.45, 2.75) is 0 Å². The summed E-state index contributed by atoms with van der Waals surface area (Å²) in [7, 11) is 0. The lowest BCUT2D eigenvalue weighted by Gasteiger charge is -2.41. The first kappa shape index (κ1) is 15.2. The minimum absolute atomic E-state index is 0.705. The molecule has 1 aliphatic heterocycles. The van der Waals surface area contributed by atoms with Crippen molar-refractivity contribution in [3.8, 4) is 0 Å². The number of nitrogens with zero attached hydrogens (tertiary/aromatic N) is 3. The lowest BCUT2D eigenvalue weighted by molar-refractivity contribution is 0.389. The quantitative estimate of drug-likeness (QED) is 0.629. The van der Waals surface area contributed by atoms with Gasteiger partial charge >= 0.3 is 0 Å². The average molecular weight is 432 g/mol. The third-order valence-electron chi connectivity index (χ3n) is 3.37. The van der Waals surface area contributed by atoms with Crippen LogP contribution in [-0.2, 0) is 0 Å². The number of rotatable bonds is 2. The highest BCUT2D eigenvalue weighted by Gasteiger charge is 2.22. The Morgan fingerprint density at radius 1 is 0.667 bits per heavy atom. The zero-order chi connectivity index (χ0) is 14.8. The van der Waals surface area contributed by atoms with Crippen molar-refractivity contribution in [1.82, 2.24) is 4.42 Å². The molecule has 0 bridgehead atoms. The Hall–Kier alpha value is -0.750. The van der Waals surface area contributed by atoms with E-state index in [4.69, 9.17) is 11.8 Å². The van der Waals surface area contributed by atoms with Gasteiger partial charge in [-0.05, 0) is 60.3 Å². The molecule has 21 heavy (non-hydrogen) atoms. The summed E-state index contributed by atoms with van der Waals surface area (Å²) in [6.07, 6.45) is 0. The van der Waals surface area contributed by atoms with Crippen LogP contribution in [0.25, 0.3) is 0 Å². The molecular weight excluding hydrogens is 417 g/mol. The first-order chi connectivity index (χ1) is 10.1. The molecule has 6 heteroatoms. The maximum absolute atomic E-state index is 6.30. The Morgan fingerprint density at radius 3 is 1.43 bits per heavy atom. The van der Waals surface area contributed by atoms with Crippen LogP contribution in [0.1, 0.15) is 0 Å². The SMILES string of the molecule is ClN1CN(c2ccc(Br)cc2)CN(c2ccc(Br)cc2)C1. The Balaban J connectivity index is 1.81. The topological polar surface area (TPSA) is 9.72 Å². The summed E-state index contributed by atoms with van der Waals surface area (Å²) in [6, 6.07) is 16.6. The number of hydrogen-bond donors (Lipinski definition) is 0. The largest absolute Gasteiger partial charge is 0.339 e. The predicted molar refractivity (Wildman–Crippen MR) is 95.5 cm³/mol. The highest BCUT2D eigenvalue weighted by atomic mass is 79.9. The molecule has 0 amide bonds. The Labute approximate surface area is 146 Å². The summed E-state index contributed by atoms with van der Waals surface area (Å²) < 4.78 is 3.94. The molecule has 0 N–H and O–H groups in total. The molecule has 0 atom stereocenters. The summed E-state index contributed by atoms with van der Waals surface area (Å²) in [5, 5.41) is 0. The molecule has 0 unspecified atom stereocenters. The van der Waals surface area contributed by atoms with E-state index in [2.05, 4.69) is 65.9 Å². The van der Waals surface area contributed by atoms with Gasteiger partial charge in [0.05, 0.1) is 20.0 Å². The van der Waals surface area contributed by atoms with Crippen LogP contribution in [0.2, 0.25) is 0 Å². The van der Waals surface area contributed by atoms with E-state index in [1.54, 1.807) is 4.42 Å². The standard InChI is InChI=1S/C15H14Br2ClN3/c16-12-1-5-14(6-2-12)19-9-20(11-21(18)10-19)15-7-3-13(17)4-8-15/h1-8H,9-11H2. The van der Waals surface area contributed by atoms with Crippen LogP contribution in [0, 0.1) is 0 Å². The van der Waals surface area contributed by atoms with Gasteiger partial charge in [0, 0.05) is 20.3 Å². The van der Waals surface area contributed by atoms with Gasteiger partial charge in [-0.3, -0.25) is 0 Å². The molecule has 0 saturated carbocycles. The Bertz CT molecular complexity index is 550. The minimum atomic E-state index is 0.705. The van der Waals surface area contributed by atoms with Gasteiger partial charge in [0.25, 0.3) is 0 Å². The van der Waals surface area contributed by atoms with Gasteiger partial charge in [-0.1, -0.05) is 31.9 Å². The molecule has 2 aromatic rings. The van der Waals surface area contributed by atoms with E-state index < -0.39 is 0 Å².